The van der Waals surface area contributed by atoms with Crippen LogP contribution in [0.5, 0.6) is 5.75 Å². The Hall–Kier alpha value is -0.540. The van der Waals surface area contributed by atoms with E-state index in [-0.39, 0.29) is 6.10 Å². The lowest BCUT2D eigenvalue weighted by molar-refractivity contribution is 0.383. The molecule has 1 aromatic carbocycles. The van der Waals surface area contributed by atoms with Gasteiger partial charge in [-0.2, -0.15) is 0 Å². The lowest BCUT2D eigenvalue weighted by atomic mass is 10.1. The highest BCUT2D eigenvalue weighted by atomic mass is 79.9. The molecule has 0 saturated carbocycles. The SMILES string of the molecule is COc1ccc(Br)cc1C1CO1. The fraction of sp³-hybridized carbons (Fsp3) is 0.333. The molecule has 1 heterocycles. The normalized spacial score (nSPS) is 20.7. The highest BCUT2D eigenvalue weighted by molar-refractivity contribution is 9.10. The van der Waals surface area contributed by atoms with E-state index in [1.807, 2.05) is 18.2 Å². The van der Waals surface area contributed by atoms with Crippen molar-refractivity contribution in [2.75, 3.05) is 13.7 Å². The van der Waals surface area contributed by atoms with E-state index in [9.17, 15) is 0 Å². The van der Waals surface area contributed by atoms with Gasteiger partial charge in [0.2, 0.25) is 0 Å². The Labute approximate surface area is 79.6 Å². The third-order valence-corrected chi connectivity index (χ3v) is 2.37. The molecule has 0 bridgehead atoms. The molecule has 64 valence electrons. The van der Waals surface area contributed by atoms with Gasteiger partial charge < -0.3 is 9.47 Å². The molecular formula is C9H9BrO2. The van der Waals surface area contributed by atoms with E-state index in [1.165, 1.54) is 0 Å². The van der Waals surface area contributed by atoms with Crippen molar-refractivity contribution >= 4 is 15.9 Å². The number of hydrogen-bond acceptors (Lipinski definition) is 2. The van der Waals surface area contributed by atoms with Crippen LogP contribution in [-0.4, -0.2) is 13.7 Å². The number of benzene rings is 1. The number of epoxide rings is 1. The van der Waals surface area contributed by atoms with Crippen LogP contribution in [0, 0.1) is 0 Å². The number of ether oxygens (including phenoxy) is 2. The maximum absolute atomic E-state index is 5.20. The van der Waals surface area contributed by atoms with Crippen LogP contribution in [0.2, 0.25) is 0 Å². The molecule has 2 rings (SSSR count). The van der Waals surface area contributed by atoms with Crippen molar-refractivity contribution < 1.29 is 9.47 Å². The first-order valence-corrected chi connectivity index (χ1v) is 4.55. The van der Waals surface area contributed by atoms with Gasteiger partial charge in [0, 0.05) is 10.0 Å². The molecule has 12 heavy (non-hydrogen) atoms. The molecule has 1 aliphatic heterocycles. The molecule has 0 amide bonds. The third-order valence-electron chi connectivity index (χ3n) is 1.87. The van der Waals surface area contributed by atoms with Gasteiger partial charge >= 0.3 is 0 Å². The molecule has 1 atom stereocenters. The minimum atomic E-state index is 0.248. The van der Waals surface area contributed by atoms with Crippen molar-refractivity contribution in [2.24, 2.45) is 0 Å². The molecule has 0 aliphatic carbocycles. The predicted octanol–water partition coefficient (Wildman–Crippen LogP) is 2.53. The fourth-order valence-electron chi connectivity index (χ4n) is 1.18. The van der Waals surface area contributed by atoms with Crippen LogP contribution < -0.4 is 4.74 Å². The zero-order chi connectivity index (χ0) is 8.55. The Bertz CT molecular complexity index is 295. The van der Waals surface area contributed by atoms with Crippen LogP contribution in [0.1, 0.15) is 11.7 Å². The molecule has 0 aromatic heterocycles. The monoisotopic (exact) mass is 228 g/mol. The molecule has 1 fully saturated rings. The second-order valence-corrected chi connectivity index (χ2v) is 3.62. The van der Waals surface area contributed by atoms with Crippen molar-refractivity contribution in [1.82, 2.24) is 0 Å². The highest BCUT2D eigenvalue weighted by Gasteiger charge is 2.27. The van der Waals surface area contributed by atoms with Crippen molar-refractivity contribution in [3.05, 3.63) is 28.2 Å². The zero-order valence-electron chi connectivity index (χ0n) is 6.71. The Balaban J connectivity index is 2.39. The summed E-state index contributed by atoms with van der Waals surface area (Å²) < 4.78 is 11.5. The summed E-state index contributed by atoms with van der Waals surface area (Å²) in [5.41, 5.74) is 1.13. The van der Waals surface area contributed by atoms with Crippen LogP contribution >= 0.6 is 15.9 Å². The van der Waals surface area contributed by atoms with E-state index in [0.717, 1.165) is 22.4 Å². The third kappa shape index (κ3) is 1.47. The van der Waals surface area contributed by atoms with Crippen LogP contribution in [-0.2, 0) is 4.74 Å². The molecule has 3 heteroatoms. The minimum absolute atomic E-state index is 0.248. The van der Waals surface area contributed by atoms with Gasteiger partial charge in [0.1, 0.15) is 11.9 Å². The zero-order valence-corrected chi connectivity index (χ0v) is 8.30. The second kappa shape index (κ2) is 3.07. The van der Waals surface area contributed by atoms with Gasteiger partial charge in [-0.1, -0.05) is 15.9 Å². The Morgan fingerprint density at radius 3 is 2.92 bits per heavy atom. The Kier molecular flexibility index (Phi) is 2.07. The van der Waals surface area contributed by atoms with E-state index in [2.05, 4.69) is 15.9 Å². The van der Waals surface area contributed by atoms with Gasteiger partial charge in [0.25, 0.3) is 0 Å². The minimum Gasteiger partial charge on any atom is -0.496 e. The van der Waals surface area contributed by atoms with Crippen LogP contribution in [0.4, 0.5) is 0 Å². The van der Waals surface area contributed by atoms with Gasteiger partial charge in [-0.25, -0.2) is 0 Å². The highest BCUT2D eigenvalue weighted by Crippen LogP contribution is 2.37. The first-order valence-electron chi connectivity index (χ1n) is 3.76. The molecule has 1 aliphatic rings. The molecule has 1 saturated heterocycles. The fourth-order valence-corrected chi connectivity index (χ4v) is 1.56. The first kappa shape index (κ1) is 8.08. The maximum Gasteiger partial charge on any atom is 0.124 e. The average Bonchev–Trinajstić information content (AvgIpc) is 2.87. The van der Waals surface area contributed by atoms with E-state index in [1.54, 1.807) is 7.11 Å². The first-order chi connectivity index (χ1) is 5.81. The van der Waals surface area contributed by atoms with Gasteiger partial charge in [-0.3, -0.25) is 0 Å². The Morgan fingerprint density at radius 1 is 1.58 bits per heavy atom. The largest absolute Gasteiger partial charge is 0.496 e. The summed E-state index contributed by atoms with van der Waals surface area (Å²) in [5, 5.41) is 0. The second-order valence-electron chi connectivity index (χ2n) is 2.71. The Morgan fingerprint density at radius 2 is 2.33 bits per heavy atom. The molecule has 1 unspecified atom stereocenters. The summed E-state index contributed by atoms with van der Waals surface area (Å²) in [4.78, 5) is 0. The topological polar surface area (TPSA) is 21.8 Å². The summed E-state index contributed by atoms with van der Waals surface area (Å²) in [7, 11) is 1.68. The number of rotatable bonds is 2. The van der Waals surface area contributed by atoms with Gasteiger partial charge in [0.15, 0.2) is 0 Å². The lowest BCUT2D eigenvalue weighted by Crippen LogP contribution is -1.90. The smallest absolute Gasteiger partial charge is 0.124 e. The summed E-state index contributed by atoms with van der Waals surface area (Å²) in [6, 6.07) is 5.95. The van der Waals surface area contributed by atoms with Crippen molar-refractivity contribution in [3.63, 3.8) is 0 Å². The van der Waals surface area contributed by atoms with Crippen molar-refractivity contribution in [3.8, 4) is 5.75 Å². The summed E-state index contributed by atoms with van der Waals surface area (Å²) in [6.07, 6.45) is 0.248. The molecule has 2 nitrogen and oxygen atoms in total. The maximum atomic E-state index is 5.20. The number of hydrogen-bond donors (Lipinski definition) is 0. The number of methoxy groups -OCH3 is 1. The van der Waals surface area contributed by atoms with Crippen LogP contribution in [0.25, 0.3) is 0 Å². The summed E-state index contributed by atoms with van der Waals surface area (Å²) in [6.45, 7) is 0.812. The van der Waals surface area contributed by atoms with E-state index in [4.69, 9.17) is 9.47 Å². The van der Waals surface area contributed by atoms with Crippen molar-refractivity contribution in [2.45, 2.75) is 6.10 Å². The van der Waals surface area contributed by atoms with E-state index >= 15 is 0 Å². The van der Waals surface area contributed by atoms with Crippen LogP contribution in [0.3, 0.4) is 0 Å². The molecule has 0 spiro atoms. The summed E-state index contributed by atoms with van der Waals surface area (Å²) in [5.74, 6) is 0.903. The van der Waals surface area contributed by atoms with Gasteiger partial charge in [-0.05, 0) is 18.2 Å². The number of halogens is 1. The molecule has 0 N–H and O–H groups in total. The molecular weight excluding hydrogens is 220 g/mol. The standard InChI is InChI=1S/C9H9BrO2/c1-11-8-3-2-6(10)4-7(8)9-5-12-9/h2-4,9H,5H2,1H3. The summed E-state index contributed by atoms with van der Waals surface area (Å²) >= 11 is 3.41. The van der Waals surface area contributed by atoms with Crippen LogP contribution in [0.15, 0.2) is 22.7 Å². The lowest BCUT2D eigenvalue weighted by Gasteiger charge is -2.05. The van der Waals surface area contributed by atoms with E-state index < -0.39 is 0 Å². The van der Waals surface area contributed by atoms with E-state index in [0.29, 0.717) is 0 Å². The predicted molar refractivity (Wildman–Crippen MR) is 49.4 cm³/mol. The molecule has 0 radical (unpaired) electrons. The van der Waals surface area contributed by atoms with Crippen molar-refractivity contribution in [1.29, 1.82) is 0 Å². The van der Waals surface area contributed by atoms with Gasteiger partial charge in [-0.15, -0.1) is 0 Å². The molecule has 1 aromatic rings. The quantitative estimate of drug-likeness (QED) is 0.727. The van der Waals surface area contributed by atoms with Gasteiger partial charge in [0.05, 0.1) is 13.7 Å². The average molecular weight is 229 g/mol.